The molecular formula is C16H27N3O4. The Balaban J connectivity index is 3.14. The molecule has 2 N–H and O–H groups in total. The van der Waals surface area contributed by atoms with Gasteiger partial charge in [-0.05, 0) is 46.0 Å². The lowest BCUT2D eigenvalue weighted by Gasteiger charge is -2.43. The van der Waals surface area contributed by atoms with Gasteiger partial charge in [0.05, 0.1) is 0 Å². The molecule has 0 spiro atoms. The molecule has 1 unspecified atom stereocenters. The van der Waals surface area contributed by atoms with Crippen LogP contribution in [0.2, 0.25) is 0 Å². The zero-order valence-corrected chi connectivity index (χ0v) is 14.3. The topological polar surface area (TPSA) is 101 Å². The maximum Gasteiger partial charge on any atom is 0.246 e. The molecule has 7 nitrogen and oxygen atoms in total. The van der Waals surface area contributed by atoms with E-state index in [0.29, 0.717) is 12.8 Å². The second-order valence-corrected chi connectivity index (χ2v) is 7.49. The van der Waals surface area contributed by atoms with Crippen molar-refractivity contribution in [3.05, 3.63) is 22.8 Å². The number of allylic oxidation sites excluding steroid dienone is 1. The number of nitrogens with zero attached hydrogens (tertiary/aromatic N) is 1. The number of hydrogen-bond donors (Lipinski definition) is 2. The van der Waals surface area contributed by atoms with Gasteiger partial charge in [-0.2, -0.15) is 0 Å². The van der Waals surface area contributed by atoms with Crippen molar-refractivity contribution in [2.24, 2.45) is 11.8 Å². The van der Waals surface area contributed by atoms with Crippen molar-refractivity contribution in [3.63, 3.8) is 0 Å². The summed E-state index contributed by atoms with van der Waals surface area (Å²) in [7, 11) is 0. The van der Waals surface area contributed by atoms with Crippen LogP contribution in [0.1, 0.15) is 47.0 Å². The lowest BCUT2D eigenvalue weighted by Crippen LogP contribution is -2.64. The minimum absolute atomic E-state index is 0.0498. The second kappa shape index (κ2) is 7.10. The van der Waals surface area contributed by atoms with Gasteiger partial charge in [-0.25, -0.2) is 0 Å². The molecular weight excluding hydrogens is 298 g/mol. The Morgan fingerprint density at radius 2 is 2.00 bits per heavy atom. The summed E-state index contributed by atoms with van der Waals surface area (Å²) in [6.07, 6.45) is 2.99. The lowest BCUT2D eigenvalue weighted by atomic mass is 9.69. The van der Waals surface area contributed by atoms with Crippen molar-refractivity contribution in [2.45, 2.75) is 58.0 Å². The molecule has 1 aliphatic carbocycles. The van der Waals surface area contributed by atoms with E-state index in [4.69, 9.17) is 0 Å². The van der Waals surface area contributed by atoms with Crippen LogP contribution in [-0.2, 0) is 9.59 Å². The van der Waals surface area contributed by atoms with Crippen molar-refractivity contribution >= 4 is 11.8 Å². The summed E-state index contributed by atoms with van der Waals surface area (Å²) in [4.78, 5) is 35.0. The van der Waals surface area contributed by atoms with Gasteiger partial charge in [-0.3, -0.25) is 19.7 Å². The molecule has 1 fully saturated rings. The first-order chi connectivity index (χ1) is 10.5. The molecule has 0 aromatic carbocycles. The molecule has 0 aromatic rings. The highest BCUT2D eigenvalue weighted by atomic mass is 16.6. The minimum Gasteiger partial charge on any atom is -0.349 e. The maximum atomic E-state index is 12.8. The predicted octanol–water partition coefficient (Wildman–Crippen LogP) is 1.65. The lowest BCUT2D eigenvalue weighted by molar-refractivity contribution is -0.489. The number of amides is 2. The summed E-state index contributed by atoms with van der Waals surface area (Å²) in [5.74, 6) is -0.940. The average molecular weight is 325 g/mol. The summed E-state index contributed by atoms with van der Waals surface area (Å²) in [6.45, 7) is 10.5. The predicted molar refractivity (Wildman–Crippen MR) is 87.3 cm³/mol. The Hall–Kier alpha value is -1.92. The van der Waals surface area contributed by atoms with Crippen LogP contribution in [0.4, 0.5) is 0 Å². The molecule has 2 amide bonds. The highest BCUT2D eigenvalue weighted by Gasteiger charge is 2.48. The SMILES string of the molecule is C=C[C@@H]1C[C@@H](C[N+](=O)[O-])CC(NC(C)=O)(C(=O)NC(C)(C)C)C1. The molecule has 0 saturated heterocycles. The molecule has 23 heavy (non-hydrogen) atoms. The molecule has 0 aromatic heterocycles. The smallest absolute Gasteiger partial charge is 0.246 e. The third kappa shape index (κ3) is 5.65. The molecule has 3 atom stereocenters. The van der Waals surface area contributed by atoms with E-state index >= 15 is 0 Å². The van der Waals surface area contributed by atoms with Crippen LogP contribution >= 0.6 is 0 Å². The monoisotopic (exact) mass is 325 g/mol. The summed E-state index contributed by atoms with van der Waals surface area (Å²) >= 11 is 0. The summed E-state index contributed by atoms with van der Waals surface area (Å²) < 4.78 is 0. The van der Waals surface area contributed by atoms with E-state index in [0.717, 1.165) is 0 Å². The van der Waals surface area contributed by atoms with Crippen LogP contribution in [0.25, 0.3) is 0 Å². The zero-order chi connectivity index (χ0) is 17.8. The van der Waals surface area contributed by atoms with Gasteiger partial charge in [0.1, 0.15) is 5.54 Å². The number of carbonyl (C=O) groups excluding carboxylic acids is 2. The Morgan fingerprint density at radius 3 is 2.43 bits per heavy atom. The highest BCUT2D eigenvalue weighted by molar-refractivity contribution is 5.91. The number of hydrogen-bond acceptors (Lipinski definition) is 4. The average Bonchev–Trinajstić information content (AvgIpc) is 2.34. The first-order valence-electron chi connectivity index (χ1n) is 7.83. The molecule has 130 valence electrons. The van der Waals surface area contributed by atoms with E-state index in [1.54, 1.807) is 6.08 Å². The van der Waals surface area contributed by atoms with E-state index in [2.05, 4.69) is 17.2 Å². The third-order valence-electron chi connectivity index (χ3n) is 3.96. The van der Waals surface area contributed by atoms with E-state index in [-0.39, 0.29) is 41.5 Å². The highest BCUT2D eigenvalue weighted by Crippen LogP contribution is 2.37. The largest absolute Gasteiger partial charge is 0.349 e. The quantitative estimate of drug-likeness (QED) is 0.456. The zero-order valence-electron chi connectivity index (χ0n) is 14.3. The number of nitro groups is 1. The number of carbonyl (C=O) groups is 2. The van der Waals surface area contributed by atoms with Crippen molar-refractivity contribution in [1.82, 2.24) is 10.6 Å². The van der Waals surface area contributed by atoms with Crippen LogP contribution < -0.4 is 10.6 Å². The molecule has 0 bridgehead atoms. The molecule has 1 rings (SSSR count). The van der Waals surface area contributed by atoms with Crippen LogP contribution in [-0.4, -0.2) is 34.4 Å². The van der Waals surface area contributed by atoms with Crippen molar-refractivity contribution in [3.8, 4) is 0 Å². The normalized spacial score (nSPS) is 27.8. The van der Waals surface area contributed by atoms with E-state index in [1.807, 2.05) is 20.8 Å². The molecule has 1 aliphatic rings. The van der Waals surface area contributed by atoms with Crippen LogP contribution in [0.3, 0.4) is 0 Å². The molecule has 1 saturated carbocycles. The van der Waals surface area contributed by atoms with Crippen LogP contribution in [0.15, 0.2) is 12.7 Å². The van der Waals surface area contributed by atoms with Gasteiger partial charge >= 0.3 is 0 Å². The maximum absolute atomic E-state index is 12.8. The van der Waals surface area contributed by atoms with Crippen LogP contribution in [0, 0.1) is 22.0 Å². The second-order valence-electron chi connectivity index (χ2n) is 7.49. The first kappa shape index (κ1) is 19.1. The number of rotatable bonds is 5. The summed E-state index contributed by atoms with van der Waals surface area (Å²) in [5, 5.41) is 16.5. The fourth-order valence-corrected chi connectivity index (χ4v) is 3.29. The van der Waals surface area contributed by atoms with Gasteiger partial charge in [0.15, 0.2) is 0 Å². The van der Waals surface area contributed by atoms with Crippen molar-refractivity contribution < 1.29 is 14.5 Å². The van der Waals surface area contributed by atoms with Gasteiger partial charge in [0, 0.05) is 23.3 Å². The fraction of sp³-hybridized carbons (Fsp3) is 0.750. The minimum atomic E-state index is -1.13. The Bertz CT molecular complexity index is 498. The summed E-state index contributed by atoms with van der Waals surface area (Å²) in [6, 6.07) is 0. The van der Waals surface area contributed by atoms with Crippen molar-refractivity contribution in [1.29, 1.82) is 0 Å². The van der Waals surface area contributed by atoms with Gasteiger partial charge in [-0.15, -0.1) is 6.58 Å². The van der Waals surface area contributed by atoms with Gasteiger partial charge in [-0.1, -0.05) is 6.08 Å². The molecule has 0 radical (unpaired) electrons. The molecule has 0 heterocycles. The Labute approximate surface area is 137 Å². The first-order valence-corrected chi connectivity index (χ1v) is 7.83. The van der Waals surface area contributed by atoms with E-state index in [1.165, 1.54) is 6.92 Å². The molecule has 0 aliphatic heterocycles. The summed E-state index contributed by atoms with van der Waals surface area (Å²) in [5.41, 5.74) is -1.58. The third-order valence-corrected chi connectivity index (χ3v) is 3.96. The Kier molecular flexibility index (Phi) is 5.91. The van der Waals surface area contributed by atoms with Crippen LogP contribution in [0.5, 0.6) is 0 Å². The van der Waals surface area contributed by atoms with E-state index in [9.17, 15) is 19.7 Å². The number of nitrogens with one attached hydrogen (secondary N) is 2. The fourth-order valence-electron chi connectivity index (χ4n) is 3.29. The molecule has 7 heteroatoms. The van der Waals surface area contributed by atoms with Gasteiger partial charge < -0.3 is 10.6 Å². The Morgan fingerprint density at radius 1 is 1.39 bits per heavy atom. The van der Waals surface area contributed by atoms with Crippen molar-refractivity contribution in [2.75, 3.05) is 6.54 Å². The standard InChI is InChI=1S/C16H27N3O4/c1-6-12-7-13(10-19(22)23)9-16(8-12,17-11(2)20)14(21)18-15(3,4)5/h6,12-13H,1,7-10H2,2-5H3,(H,17,20)(H,18,21)/t12-,13-,16?/m1/s1. The van der Waals surface area contributed by atoms with Gasteiger partial charge in [0.25, 0.3) is 0 Å². The van der Waals surface area contributed by atoms with Gasteiger partial charge in [0.2, 0.25) is 18.4 Å². The van der Waals surface area contributed by atoms with E-state index < -0.39 is 11.1 Å².